The average molecular weight is 256 g/mol. The summed E-state index contributed by atoms with van der Waals surface area (Å²) in [6.07, 6.45) is 5.01. The van der Waals surface area contributed by atoms with Crippen LogP contribution in [0.1, 0.15) is 45.4 Å². The van der Waals surface area contributed by atoms with E-state index in [9.17, 15) is 9.59 Å². The first-order chi connectivity index (χ1) is 8.65. The summed E-state index contributed by atoms with van der Waals surface area (Å²) >= 11 is 0. The van der Waals surface area contributed by atoms with Gasteiger partial charge in [0.05, 0.1) is 6.54 Å². The second-order valence-corrected chi connectivity index (χ2v) is 4.99. The monoisotopic (exact) mass is 256 g/mol. The highest BCUT2D eigenvalue weighted by molar-refractivity contribution is 5.84. The van der Waals surface area contributed by atoms with Gasteiger partial charge in [-0.25, -0.2) is 0 Å². The highest BCUT2D eigenvalue weighted by Gasteiger charge is 2.21. The first-order valence-electron chi connectivity index (χ1n) is 6.82. The van der Waals surface area contributed by atoms with Crippen LogP contribution in [-0.4, -0.2) is 36.1 Å². The smallest absolute Gasteiger partial charge is 0.239 e. The molecule has 0 radical (unpaired) electrons. The average Bonchev–Trinajstić information content (AvgIpc) is 2.38. The molecule has 1 rings (SSSR count). The van der Waals surface area contributed by atoms with E-state index in [1.807, 2.05) is 6.92 Å². The molecule has 1 saturated carbocycles. The first-order valence-corrected chi connectivity index (χ1v) is 6.82. The lowest BCUT2D eigenvalue weighted by Gasteiger charge is -2.27. The Kier molecular flexibility index (Phi) is 6.72. The molecule has 1 aliphatic carbocycles. The SMILES string of the molecule is CCCC(=O)NCC(=O)NC1CCC(CO)CC1. The summed E-state index contributed by atoms with van der Waals surface area (Å²) in [5.74, 6) is 0.200. The number of aliphatic hydroxyl groups excluding tert-OH is 1. The van der Waals surface area contributed by atoms with Gasteiger partial charge in [0.15, 0.2) is 0 Å². The van der Waals surface area contributed by atoms with E-state index in [1.54, 1.807) is 0 Å². The predicted molar refractivity (Wildman–Crippen MR) is 68.9 cm³/mol. The fourth-order valence-electron chi connectivity index (χ4n) is 2.26. The van der Waals surface area contributed by atoms with Gasteiger partial charge in [0, 0.05) is 19.1 Å². The molecule has 0 aromatic carbocycles. The third kappa shape index (κ3) is 5.49. The van der Waals surface area contributed by atoms with Crippen molar-refractivity contribution in [2.45, 2.75) is 51.5 Å². The van der Waals surface area contributed by atoms with E-state index in [0.717, 1.165) is 32.1 Å². The summed E-state index contributed by atoms with van der Waals surface area (Å²) in [5, 5.41) is 14.5. The van der Waals surface area contributed by atoms with Crippen molar-refractivity contribution in [3.05, 3.63) is 0 Å². The van der Waals surface area contributed by atoms with Crippen molar-refractivity contribution >= 4 is 11.8 Å². The van der Waals surface area contributed by atoms with Crippen LogP contribution in [-0.2, 0) is 9.59 Å². The minimum atomic E-state index is -0.119. The van der Waals surface area contributed by atoms with Crippen molar-refractivity contribution in [2.75, 3.05) is 13.2 Å². The van der Waals surface area contributed by atoms with Crippen molar-refractivity contribution in [3.63, 3.8) is 0 Å². The predicted octanol–water partition coefficient (Wildman–Crippen LogP) is 0.570. The van der Waals surface area contributed by atoms with Crippen LogP contribution in [0.25, 0.3) is 0 Å². The molecule has 0 saturated heterocycles. The second kappa shape index (κ2) is 8.08. The zero-order valence-corrected chi connectivity index (χ0v) is 11.1. The van der Waals surface area contributed by atoms with Gasteiger partial charge in [-0.05, 0) is 38.0 Å². The lowest BCUT2D eigenvalue weighted by molar-refractivity contribution is -0.126. The molecule has 18 heavy (non-hydrogen) atoms. The van der Waals surface area contributed by atoms with Gasteiger partial charge >= 0.3 is 0 Å². The second-order valence-electron chi connectivity index (χ2n) is 4.99. The lowest BCUT2D eigenvalue weighted by Crippen LogP contribution is -2.43. The lowest BCUT2D eigenvalue weighted by atomic mass is 9.86. The highest BCUT2D eigenvalue weighted by atomic mass is 16.3. The molecule has 0 unspecified atom stereocenters. The summed E-state index contributed by atoms with van der Waals surface area (Å²) in [5.41, 5.74) is 0. The van der Waals surface area contributed by atoms with Crippen molar-refractivity contribution in [2.24, 2.45) is 5.92 Å². The Morgan fingerprint density at radius 1 is 1.17 bits per heavy atom. The number of amides is 2. The number of hydrogen-bond acceptors (Lipinski definition) is 3. The van der Waals surface area contributed by atoms with E-state index in [4.69, 9.17) is 5.11 Å². The maximum Gasteiger partial charge on any atom is 0.239 e. The topological polar surface area (TPSA) is 78.4 Å². The summed E-state index contributed by atoms with van der Waals surface area (Å²) in [6, 6.07) is 0.198. The number of nitrogens with one attached hydrogen (secondary N) is 2. The summed E-state index contributed by atoms with van der Waals surface area (Å²) in [6.45, 7) is 2.24. The standard InChI is InChI=1S/C13H24N2O3/c1-2-3-12(17)14-8-13(18)15-11-6-4-10(9-16)5-7-11/h10-11,16H,2-9H2,1H3,(H,14,17)(H,15,18). The molecule has 1 aliphatic rings. The van der Waals surface area contributed by atoms with E-state index in [1.165, 1.54) is 0 Å². The van der Waals surface area contributed by atoms with E-state index < -0.39 is 0 Å². The Morgan fingerprint density at radius 2 is 1.83 bits per heavy atom. The summed E-state index contributed by atoms with van der Waals surface area (Å²) < 4.78 is 0. The number of hydrogen-bond donors (Lipinski definition) is 3. The largest absolute Gasteiger partial charge is 0.396 e. The van der Waals surface area contributed by atoms with Crippen LogP contribution in [0.2, 0.25) is 0 Å². The summed E-state index contributed by atoms with van der Waals surface area (Å²) in [4.78, 5) is 22.8. The number of carbonyl (C=O) groups excluding carboxylic acids is 2. The molecule has 2 amide bonds. The minimum absolute atomic E-state index is 0.0682. The third-order valence-electron chi connectivity index (χ3n) is 3.39. The Morgan fingerprint density at radius 3 is 2.39 bits per heavy atom. The van der Waals surface area contributed by atoms with Crippen LogP contribution in [0.5, 0.6) is 0 Å². The van der Waals surface area contributed by atoms with Gasteiger partial charge in [-0.2, -0.15) is 0 Å². The molecule has 3 N–H and O–H groups in total. The molecule has 1 fully saturated rings. The van der Waals surface area contributed by atoms with Crippen molar-refractivity contribution in [1.29, 1.82) is 0 Å². The maximum atomic E-state index is 11.6. The summed E-state index contributed by atoms with van der Waals surface area (Å²) in [7, 11) is 0. The molecular weight excluding hydrogens is 232 g/mol. The van der Waals surface area contributed by atoms with Crippen LogP contribution in [0, 0.1) is 5.92 Å². The Hall–Kier alpha value is -1.10. The van der Waals surface area contributed by atoms with Crippen LogP contribution in [0.3, 0.4) is 0 Å². The number of aliphatic hydroxyl groups is 1. The van der Waals surface area contributed by atoms with Crippen LogP contribution in [0.4, 0.5) is 0 Å². The molecule has 5 nitrogen and oxygen atoms in total. The van der Waals surface area contributed by atoms with E-state index in [2.05, 4.69) is 10.6 Å². The molecule has 0 aromatic rings. The van der Waals surface area contributed by atoms with E-state index in [0.29, 0.717) is 12.3 Å². The van der Waals surface area contributed by atoms with Gasteiger partial charge < -0.3 is 15.7 Å². The Balaban J connectivity index is 2.15. The molecule has 0 spiro atoms. The fraction of sp³-hybridized carbons (Fsp3) is 0.846. The van der Waals surface area contributed by atoms with Crippen molar-refractivity contribution in [1.82, 2.24) is 10.6 Å². The van der Waals surface area contributed by atoms with Gasteiger partial charge in [0.1, 0.15) is 0 Å². The van der Waals surface area contributed by atoms with Crippen LogP contribution in [0.15, 0.2) is 0 Å². The molecule has 0 bridgehead atoms. The molecular formula is C13H24N2O3. The third-order valence-corrected chi connectivity index (χ3v) is 3.39. The molecule has 5 heteroatoms. The Labute approximate surface area is 108 Å². The normalized spacial score (nSPS) is 23.4. The molecule has 104 valence electrons. The molecule has 0 aromatic heterocycles. The van der Waals surface area contributed by atoms with Crippen molar-refractivity contribution < 1.29 is 14.7 Å². The molecule has 0 aliphatic heterocycles. The van der Waals surface area contributed by atoms with Gasteiger partial charge in [-0.15, -0.1) is 0 Å². The first kappa shape index (κ1) is 15.0. The van der Waals surface area contributed by atoms with Gasteiger partial charge in [0.25, 0.3) is 0 Å². The van der Waals surface area contributed by atoms with Gasteiger partial charge in [-0.1, -0.05) is 6.92 Å². The Bertz CT molecular complexity index is 273. The van der Waals surface area contributed by atoms with Crippen molar-refractivity contribution in [3.8, 4) is 0 Å². The quantitative estimate of drug-likeness (QED) is 0.650. The van der Waals surface area contributed by atoms with Crippen LogP contribution >= 0.6 is 0 Å². The highest BCUT2D eigenvalue weighted by Crippen LogP contribution is 2.23. The zero-order valence-electron chi connectivity index (χ0n) is 11.1. The number of rotatable bonds is 6. The minimum Gasteiger partial charge on any atom is -0.396 e. The molecule has 0 atom stereocenters. The fourth-order valence-corrected chi connectivity index (χ4v) is 2.26. The maximum absolute atomic E-state index is 11.6. The molecule has 0 heterocycles. The van der Waals surface area contributed by atoms with Gasteiger partial charge in [-0.3, -0.25) is 9.59 Å². The van der Waals surface area contributed by atoms with Gasteiger partial charge in [0.2, 0.25) is 11.8 Å². The zero-order chi connectivity index (χ0) is 13.4. The van der Waals surface area contributed by atoms with Crippen LogP contribution < -0.4 is 10.6 Å². The number of carbonyl (C=O) groups is 2. The van der Waals surface area contributed by atoms with E-state index >= 15 is 0 Å². The van der Waals surface area contributed by atoms with E-state index in [-0.39, 0.29) is 31.0 Å².